The van der Waals surface area contributed by atoms with Crippen LogP contribution in [0.2, 0.25) is 4.34 Å². The Labute approximate surface area is 121 Å². The summed E-state index contributed by atoms with van der Waals surface area (Å²) in [6.45, 7) is 8.30. The molecule has 0 spiro atoms. The van der Waals surface area contributed by atoms with Crippen LogP contribution in [0.5, 0.6) is 0 Å². The molecule has 98 valence electrons. The molecule has 1 unspecified atom stereocenters. The molecule has 0 saturated carbocycles. The molecule has 17 heavy (non-hydrogen) atoms. The number of nitrogens with two attached hydrogens (primary N) is 1. The second-order valence-corrected chi connectivity index (χ2v) is 8.04. The highest BCUT2D eigenvalue weighted by Crippen LogP contribution is 2.37. The molecule has 1 aromatic heterocycles. The Morgan fingerprint density at radius 1 is 1.53 bits per heavy atom. The topological polar surface area (TPSA) is 29.3 Å². The molecule has 0 fully saturated rings. The zero-order valence-electron chi connectivity index (χ0n) is 10.8. The molecule has 0 bridgehead atoms. The van der Waals surface area contributed by atoms with Crippen molar-refractivity contribution in [3.05, 3.63) is 19.8 Å². The summed E-state index contributed by atoms with van der Waals surface area (Å²) in [6, 6.07) is 2.31. The predicted octanol–water partition coefficient (Wildman–Crippen LogP) is 4.14. The second kappa shape index (κ2) is 6.02. The largest absolute Gasteiger partial charge is 0.329 e. The average molecular weight is 340 g/mol. The summed E-state index contributed by atoms with van der Waals surface area (Å²) in [4.78, 5) is 3.52. The molecule has 2 nitrogen and oxygen atoms in total. The molecule has 0 radical (unpaired) electrons. The summed E-state index contributed by atoms with van der Waals surface area (Å²) in [6.07, 6.45) is 0. The SMILES string of the molecule is CN(CC(C)(C)C)C(CN)c1cc(Br)c(Cl)s1. The van der Waals surface area contributed by atoms with Crippen LogP contribution in [0.25, 0.3) is 0 Å². The second-order valence-electron chi connectivity index (χ2n) is 5.50. The summed E-state index contributed by atoms with van der Waals surface area (Å²) in [5, 5.41) is 0. The molecule has 1 heterocycles. The van der Waals surface area contributed by atoms with Gasteiger partial charge in [0.25, 0.3) is 0 Å². The van der Waals surface area contributed by atoms with Gasteiger partial charge in [0.15, 0.2) is 0 Å². The summed E-state index contributed by atoms with van der Waals surface area (Å²) in [5.74, 6) is 0. The van der Waals surface area contributed by atoms with Crippen LogP contribution < -0.4 is 5.73 Å². The quantitative estimate of drug-likeness (QED) is 0.893. The van der Waals surface area contributed by atoms with Crippen LogP contribution in [0.3, 0.4) is 0 Å². The fourth-order valence-electron chi connectivity index (χ4n) is 1.90. The van der Waals surface area contributed by atoms with E-state index in [1.165, 1.54) is 4.88 Å². The van der Waals surface area contributed by atoms with E-state index in [1.54, 1.807) is 11.3 Å². The Morgan fingerprint density at radius 2 is 2.12 bits per heavy atom. The minimum absolute atomic E-state index is 0.239. The standard InChI is InChI=1S/C12H20BrClN2S/c1-12(2,3)7-16(4)9(6-15)10-5-8(13)11(14)17-10/h5,9H,6-7,15H2,1-4H3. The summed E-state index contributed by atoms with van der Waals surface area (Å²) in [5.41, 5.74) is 6.15. The van der Waals surface area contributed by atoms with E-state index in [2.05, 4.69) is 54.7 Å². The smallest absolute Gasteiger partial charge is 0.107 e. The number of thiophene rings is 1. The van der Waals surface area contributed by atoms with Gasteiger partial charge in [-0.1, -0.05) is 32.4 Å². The zero-order chi connectivity index (χ0) is 13.2. The third kappa shape index (κ3) is 4.52. The first-order valence-corrected chi connectivity index (χ1v) is 7.58. The van der Waals surface area contributed by atoms with Crippen molar-refractivity contribution >= 4 is 38.9 Å². The van der Waals surface area contributed by atoms with E-state index in [0.29, 0.717) is 6.54 Å². The van der Waals surface area contributed by atoms with Gasteiger partial charge in [-0.3, -0.25) is 4.90 Å². The van der Waals surface area contributed by atoms with Crippen LogP contribution in [0.1, 0.15) is 31.7 Å². The van der Waals surface area contributed by atoms with Crippen LogP contribution in [0.15, 0.2) is 10.5 Å². The monoisotopic (exact) mass is 338 g/mol. The zero-order valence-corrected chi connectivity index (χ0v) is 13.9. The average Bonchev–Trinajstić information content (AvgIpc) is 2.44. The van der Waals surface area contributed by atoms with Crippen LogP contribution in [-0.4, -0.2) is 25.0 Å². The Balaban J connectivity index is 2.84. The molecular weight excluding hydrogens is 320 g/mol. The van der Waals surface area contributed by atoms with Crippen molar-refractivity contribution < 1.29 is 0 Å². The molecule has 1 rings (SSSR count). The maximum atomic E-state index is 6.08. The maximum absolute atomic E-state index is 6.08. The lowest BCUT2D eigenvalue weighted by Crippen LogP contribution is -2.36. The highest BCUT2D eigenvalue weighted by Gasteiger charge is 2.23. The molecule has 0 aromatic carbocycles. The Bertz CT molecular complexity index is 354. The molecule has 0 aliphatic carbocycles. The lowest BCUT2D eigenvalue weighted by molar-refractivity contribution is 0.178. The lowest BCUT2D eigenvalue weighted by atomic mass is 9.95. The molecule has 5 heteroatoms. The van der Waals surface area contributed by atoms with Crippen molar-refractivity contribution in [3.63, 3.8) is 0 Å². The Morgan fingerprint density at radius 3 is 2.47 bits per heavy atom. The maximum Gasteiger partial charge on any atom is 0.107 e. The van der Waals surface area contributed by atoms with Gasteiger partial charge in [0.2, 0.25) is 0 Å². The van der Waals surface area contributed by atoms with Gasteiger partial charge in [-0.15, -0.1) is 11.3 Å². The van der Waals surface area contributed by atoms with Gasteiger partial charge in [0.05, 0.1) is 6.04 Å². The summed E-state index contributed by atoms with van der Waals surface area (Å²) in [7, 11) is 2.12. The number of halogens is 2. The number of hydrogen-bond acceptors (Lipinski definition) is 3. The lowest BCUT2D eigenvalue weighted by Gasteiger charge is -2.32. The first-order chi connectivity index (χ1) is 7.74. The molecule has 1 atom stereocenters. The molecule has 0 amide bonds. The van der Waals surface area contributed by atoms with E-state index < -0.39 is 0 Å². The van der Waals surface area contributed by atoms with Gasteiger partial charge >= 0.3 is 0 Å². The number of likely N-dealkylation sites (N-methyl/N-ethyl adjacent to an activating group) is 1. The van der Waals surface area contributed by atoms with Gasteiger partial charge in [-0.25, -0.2) is 0 Å². The van der Waals surface area contributed by atoms with Crippen molar-refractivity contribution in [2.24, 2.45) is 11.1 Å². The molecule has 0 saturated heterocycles. The Kier molecular flexibility index (Phi) is 5.47. The van der Waals surface area contributed by atoms with Crippen molar-refractivity contribution in [1.82, 2.24) is 4.90 Å². The molecule has 0 aliphatic heterocycles. The molecule has 2 N–H and O–H groups in total. The van der Waals surface area contributed by atoms with Crippen LogP contribution in [-0.2, 0) is 0 Å². The van der Waals surface area contributed by atoms with Gasteiger partial charge in [-0.05, 0) is 34.5 Å². The number of nitrogens with zero attached hydrogens (tertiary/aromatic N) is 1. The normalized spacial score (nSPS) is 14.4. The van der Waals surface area contributed by atoms with Gasteiger partial charge in [0.1, 0.15) is 4.34 Å². The van der Waals surface area contributed by atoms with E-state index in [0.717, 1.165) is 15.4 Å². The van der Waals surface area contributed by atoms with E-state index in [-0.39, 0.29) is 11.5 Å². The minimum atomic E-state index is 0.239. The van der Waals surface area contributed by atoms with E-state index in [1.807, 2.05) is 0 Å². The van der Waals surface area contributed by atoms with Crippen molar-refractivity contribution in [1.29, 1.82) is 0 Å². The van der Waals surface area contributed by atoms with Crippen LogP contribution >= 0.6 is 38.9 Å². The molecular formula is C12H20BrClN2S. The molecule has 0 aliphatic rings. The fourth-order valence-corrected chi connectivity index (χ4v) is 3.81. The third-order valence-electron chi connectivity index (χ3n) is 2.47. The first kappa shape index (κ1) is 15.4. The third-order valence-corrected chi connectivity index (χ3v) is 5.05. The first-order valence-electron chi connectivity index (χ1n) is 5.59. The van der Waals surface area contributed by atoms with Gasteiger partial charge in [0, 0.05) is 22.4 Å². The van der Waals surface area contributed by atoms with Crippen molar-refractivity contribution in [2.45, 2.75) is 26.8 Å². The summed E-state index contributed by atoms with van der Waals surface area (Å²) < 4.78 is 1.75. The highest BCUT2D eigenvalue weighted by molar-refractivity contribution is 9.10. The predicted molar refractivity (Wildman–Crippen MR) is 80.9 cm³/mol. The Hall–Kier alpha value is 0.390. The number of rotatable bonds is 4. The van der Waals surface area contributed by atoms with Gasteiger partial charge in [-0.2, -0.15) is 0 Å². The van der Waals surface area contributed by atoms with Crippen molar-refractivity contribution in [3.8, 4) is 0 Å². The van der Waals surface area contributed by atoms with Gasteiger partial charge < -0.3 is 5.73 Å². The fraction of sp³-hybridized carbons (Fsp3) is 0.667. The van der Waals surface area contributed by atoms with Crippen LogP contribution in [0.4, 0.5) is 0 Å². The van der Waals surface area contributed by atoms with E-state index in [9.17, 15) is 0 Å². The minimum Gasteiger partial charge on any atom is -0.329 e. The van der Waals surface area contributed by atoms with Crippen LogP contribution in [0, 0.1) is 5.41 Å². The molecule has 1 aromatic rings. The van der Waals surface area contributed by atoms with Crippen molar-refractivity contribution in [2.75, 3.05) is 20.1 Å². The van der Waals surface area contributed by atoms with E-state index in [4.69, 9.17) is 17.3 Å². The summed E-state index contributed by atoms with van der Waals surface area (Å²) >= 11 is 11.1. The highest BCUT2D eigenvalue weighted by atomic mass is 79.9. The van der Waals surface area contributed by atoms with E-state index >= 15 is 0 Å². The number of hydrogen-bond donors (Lipinski definition) is 1.